The van der Waals surface area contributed by atoms with Crippen LogP contribution in [0, 0.1) is 0 Å². The Morgan fingerprint density at radius 2 is 1.64 bits per heavy atom. The second-order valence-corrected chi connectivity index (χ2v) is 7.23. The van der Waals surface area contributed by atoms with Crippen molar-refractivity contribution in [1.82, 2.24) is 0 Å². The van der Waals surface area contributed by atoms with Crippen molar-refractivity contribution in [1.29, 1.82) is 0 Å². The number of hydrogen-bond acceptors (Lipinski definition) is 3. The Morgan fingerprint density at radius 1 is 0.880 bits per heavy atom. The Labute approximate surface area is 152 Å². The first-order valence-corrected chi connectivity index (χ1v) is 9.44. The van der Waals surface area contributed by atoms with E-state index >= 15 is 0 Å². The molecule has 1 aliphatic heterocycles. The van der Waals surface area contributed by atoms with Crippen molar-refractivity contribution < 1.29 is 9.47 Å². The Kier molecular flexibility index (Phi) is 4.66. The van der Waals surface area contributed by atoms with Gasteiger partial charge in [0.1, 0.15) is 0 Å². The molecule has 0 saturated heterocycles. The molecule has 1 atom stereocenters. The molecule has 0 aromatic heterocycles. The minimum Gasteiger partial charge on any atom is -0.454 e. The smallest absolute Gasteiger partial charge is 0.231 e. The number of thioether (sulfide) groups is 1. The molecule has 4 rings (SSSR count). The quantitative estimate of drug-likeness (QED) is 0.502. The molecule has 25 heavy (non-hydrogen) atoms. The Balaban J connectivity index is 1.67. The summed E-state index contributed by atoms with van der Waals surface area (Å²) < 4.78 is 11.0. The third-order valence-corrected chi connectivity index (χ3v) is 5.88. The van der Waals surface area contributed by atoms with Gasteiger partial charge in [-0.05, 0) is 41.3 Å². The Bertz CT molecular complexity index is 861. The fourth-order valence-corrected chi connectivity index (χ4v) is 4.32. The molecular formula is C22H20O2S. The van der Waals surface area contributed by atoms with Crippen LogP contribution in [-0.2, 0) is 0 Å². The normalized spacial score (nSPS) is 13.6. The van der Waals surface area contributed by atoms with Crippen molar-refractivity contribution in [3.8, 4) is 22.6 Å². The molecule has 1 unspecified atom stereocenters. The predicted octanol–water partition coefficient (Wildman–Crippen LogP) is 6.33. The first kappa shape index (κ1) is 16.1. The van der Waals surface area contributed by atoms with Gasteiger partial charge in [-0.15, -0.1) is 11.8 Å². The predicted molar refractivity (Wildman–Crippen MR) is 103 cm³/mol. The number of hydrogen-bond donors (Lipinski definition) is 0. The lowest BCUT2D eigenvalue weighted by molar-refractivity contribution is 0.174. The Hall–Kier alpha value is -2.39. The van der Waals surface area contributed by atoms with Crippen LogP contribution in [0.4, 0.5) is 0 Å². The number of ether oxygens (including phenoxy) is 2. The number of rotatable bonds is 5. The van der Waals surface area contributed by atoms with E-state index in [4.69, 9.17) is 9.47 Å². The maximum atomic E-state index is 5.54. The molecule has 126 valence electrons. The molecule has 0 fully saturated rings. The summed E-state index contributed by atoms with van der Waals surface area (Å²) in [4.78, 5) is 1.29. The number of benzene rings is 3. The van der Waals surface area contributed by atoms with Gasteiger partial charge in [0.05, 0.1) is 0 Å². The summed E-state index contributed by atoms with van der Waals surface area (Å²) in [6.45, 7) is 2.55. The van der Waals surface area contributed by atoms with Gasteiger partial charge in [0, 0.05) is 10.1 Å². The van der Waals surface area contributed by atoms with Gasteiger partial charge in [0.15, 0.2) is 11.5 Å². The summed E-state index contributed by atoms with van der Waals surface area (Å²) in [6.07, 6.45) is 1.09. The zero-order chi connectivity index (χ0) is 17.1. The molecule has 0 radical (unpaired) electrons. The molecule has 0 bridgehead atoms. The van der Waals surface area contributed by atoms with Gasteiger partial charge in [0.25, 0.3) is 0 Å². The van der Waals surface area contributed by atoms with Crippen LogP contribution in [0.5, 0.6) is 11.5 Å². The molecule has 0 saturated carbocycles. The van der Waals surface area contributed by atoms with Crippen molar-refractivity contribution in [2.45, 2.75) is 23.5 Å². The highest BCUT2D eigenvalue weighted by molar-refractivity contribution is 7.99. The van der Waals surface area contributed by atoms with Crippen LogP contribution in [0.25, 0.3) is 11.1 Å². The first-order chi connectivity index (χ1) is 12.3. The minimum atomic E-state index is 0.307. The zero-order valence-electron chi connectivity index (χ0n) is 14.1. The van der Waals surface area contributed by atoms with Crippen LogP contribution >= 0.6 is 11.8 Å². The fourth-order valence-electron chi connectivity index (χ4n) is 3.08. The van der Waals surface area contributed by atoms with Crippen molar-refractivity contribution in [2.75, 3.05) is 6.79 Å². The molecular weight excluding hydrogens is 328 g/mol. The molecule has 3 heteroatoms. The first-order valence-electron chi connectivity index (χ1n) is 8.56. The van der Waals surface area contributed by atoms with Crippen LogP contribution in [-0.4, -0.2) is 6.79 Å². The van der Waals surface area contributed by atoms with E-state index < -0.39 is 0 Å². The fraction of sp³-hybridized carbons (Fsp3) is 0.182. The van der Waals surface area contributed by atoms with Gasteiger partial charge in [-0.2, -0.15) is 0 Å². The van der Waals surface area contributed by atoms with Gasteiger partial charge in [0.2, 0.25) is 6.79 Å². The summed E-state index contributed by atoms with van der Waals surface area (Å²) in [6, 6.07) is 25.5. The van der Waals surface area contributed by atoms with Gasteiger partial charge < -0.3 is 9.47 Å². The van der Waals surface area contributed by atoms with E-state index in [2.05, 4.69) is 73.7 Å². The van der Waals surface area contributed by atoms with Gasteiger partial charge >= 0.3 is 0 Å². The highest BCUT2D eigenvalue weighted by Crippen LogP contribution is 2.43. The van der Waals surface area contributed by atoms with E-state index in [1.807, 2.05) is 17.8 Å². The summed E-state index contributed by atoms with van der Waals surface area (Å²) in [5.74, 6) is 1.65. The molecule has 3 aromatic carbocycles. The molecule has 0 spiro atoms. The molecule has 1 aliphatic rings. The molecule has 3 aromatic rings. The average molecular weight is 348 g/mol. The second kappa shape index (κ2) is 7.24. The molecule has 0 aliphatic carbocycles. The largest absolute Gasteiger partial charge is 0.454 e. The third kappa shape index (κ3) is 3.38. The van der Waals surface area contributed by atoms with Crippen LogP contribution in [0.15, 0.2) is 77.7 Å². The van der Waals surface area contributed by atoms with E-state index in [1.54, 1.807) is 0 Å². The zero-order valence-corrected chi connectivity index (χ0v) is 15.0. The van der Waals surface area contributed by atoms with Crippen molar-refractivity contribution >= 4 is 11.8 Å². The van der Waals surface area contributed by atoms with Crippen LogP contribution in [0.3, 0.4) is 0 Å². The monoisotopic (exact) mass is 348 g/mol. The maximum absolute atomic E-state index is 5.54. The van der Waals surface area contributed by atoms with E-state index in [-0.39, 0.29) is 0 Å². The second-order valence-electron chi connectivity index (χ2n) is 5.99. The summed E-state index contributed by atoms with van der Waals surface area (Å²) in [5.41, 5.74) is 3.77. The molecule has 1 heterocycles. The molecule has 0 amide bonds. The topological polar surface area (TPSA) is 18.5 Å². The van der Waals surface area contributed by atoms with Crippen molar-refractivity contribution in [2.24, 2.45) is 0 Å². The molecule has 0 N–H and O–H groups in total. The standard InChI is InChI=1S/C22H20O2S/c1-2-21(16-8-4-3-5-9-16)25-22-11-7-6-10-18(22)17-12-13-19-20(14-17)24-15-23-19/h3-14,21H,2,15H2,1H3. The highest BCUT2D eigenvalue weighted by Gasteiger charge is 2.17. The SMILES string of the molecule is CCC(Sc1ccccc1-c1ccc2c(c1)OCO2)c1ccccc1. The lowest BCUT2D eigenvalue weighted by atomic mass is 10.1. The van der Waals surface area contributed by atoms with Crippen LogP contribution < -0.4 is 9.47 Å². The summed E-state index contributed by atoms with van der Waals surface area (Å²) in [7, 11) is 0. The van der Waals surface area contributed by atoms with Crippen LogP contribution in [0.2, 0.25) is 0 Å². The Morgan fingerprint density at radius 3 is 2.48 bits per heavy atom. The van der Waals surface area contributed by atoms with Gasteiger partial charge in [-0.25, -0.2) is 0 Å². The van der Waals surface area contributed by atoms with Crippen LogP contribution in [0.1, 0.15) is 24.2 Å². The lowest BCUT2D eigenvalue weighted by Gasteiger charge is -2.17. The van der Waals surface area contributed by atoms with E-state index in [0.717, 1.165) is 23.5 Å². The minimum absolute atomic E-state index is 0.307. The van der Waals surface area contributed by atoms with Gasteiger partial charge in [-0.3, -0.25) is 0 Å². The van der Waals surface area contributed by atoms with Gasteiger partial charge in [-0.1, -0.05) is 61.5 Å². The van der Waals surface area contributed by atoms with Crippen molar-refractivity contribution in [3.05, 3.63) is 78.4 Å². The third-order valence-electron chi connectivity index (χ3n) is 4.38. The molecule has 2 nitrogen and oxygen atoms in total. The summed E-state index contributed by atoms with van der Waals surface area (Å²) in [5, 5.41) is 0.441. The van der Waals surface area contributed by atoms with E-state index in [0.29, 0.717) is 12.0 Å². The maximum Gasteiger partial charge on any atom is 0.231 e. The lowest BCUT2D eigenvalue weighted by Crippen LogP contribution is -1.93. The number of fused-ring (bicyclic) bond motifs is 1. The highest BCUT2D eigenvalue weighted by atomic mass is 32.2. The van der Waals surface area contributed by atoms with E-state index in [9.17, 15) is 0 Å². The average Bonchev–Trinajstić information content (AvgIpc) is 3.15. The summed E-state index contributed by atoms with van der Waals surface area (Å²) >= 11 is 1.92. The van der Waals surface area contributed by atoms with Crippen molar-refractivity contribution in [3.63, 3.8) is 0 Å². The van der Waals surface area contributed by atoms with E-state index in [1.165, 1.54) is 16.0 Å².